The Bertz CT molecular complexity index is 609. The molecule has 0 heterocycles. The van der Waals surface area contributed by atoms with E-state index in [1.807, 2.05) is 12.1 Å². The molecule has 0 saturated carbocycles. The van der Waals surface area contributed by atoms with Gasteiger partial charge in [-0.2, -0.15) is 0 Å². The Hall–Kier alpha value is -2.27. The lowest BCUT2D eigenvalue weighted by Crippen LogP contribution is -2.15. The van der Waals surface area contributed by atoms with Crippen LogP contribution in [0.15, 0.2) is 42.5 Å². The third-order valence-electron chi connectivity index (χ3n) is 2.76. The fourth-order valence-electron chi connectivity index (χ4n) is 1.87. The monoisotopic (exact) mass is 276 g/mol. The van der Waals surface area contributed by atoms with Crippen molar-refractivity contribution in [2.45, 2.75) is 6.54 Å². The fraction of sp³-hybridized carbons (Fsp3) is 0.133. The molecule has 0 radical (unpaired) electrons. The molecule has 0 spiro atoms. The zero-order valence-corrected chi connectivity index (χ0v) is 10.9. The summed E-state index contributed by atoms with van der Waals surface area (Å²) in [5, 5.41) is 5.64. The number of hydrogen-bond donors (Lipinski definition) is 2. The first-order valence-electron chi connectivity index (χ1n) is 6.10. The van der Waals surface area contributed by atoms with Crippen LogP contribution in [0, 0.1) is 11.6 Å². The third kappa shape index (κ3) is 3.39. The standard InChI is InChI=1S/C15H14F2N2O/c1-18-9-10-4-2-3-5-14(10)19-15(20)11-6-12(16)8-13(17)7-11/h2-8,18H,9H2,1H3,(H,19,20). The lowest BCUT2D eigenvalue weighted by atomic mass is 10.1. The highest BCUT2D eigenvalue weighted by atomic mass is 19.1. The van der Waals surface area contributed by atoms with Crippen molar-refractivity contribution >= 4 is 11.6 Å². The number of halogens is 2. The third-order valence-corrected chi connectivity index (χ3v) is 2.76. The van der Waals surface area contributed by atoms with E-state index in [1.54, 1.807) is 19.2 Å². The van der Waals surface area contributed by atoms with E-state index < -0.39 is 17.5 Å². The van der Waals surface area contributed by atoms with Gasteiger partial charge in [0.2, 0.25) is 0 Å². The van der Waals surface area contributed by atoms with Crippen LogP contribution in [0.2, 0.25) is 0 Å². The van der Waals surface area contributed by atoms with E-state index in [2.05, 4.69) is 10.6 Å². The maximum Gasteiger partial charge on any atom is 0.255 e. The quantitative estimate of drug-likeness (QED) is 0.901. The molecule has 2 N–H and O–H groups in total. The minimum Gasteiger partial charge on any atom is -0.322 e. The minimum atomic E-state index is -0.779. The van der Waals surface area contributed by atoms with Gasteiger partial charge in [0.15, 0.2) is 0 Å². The number of amides is 1. The SMILES string of the molecule is CNCc1ccccc1NC(=O)c1cc(F)cc(F)c1. The summed E-state index contributed by atoms with van der Waals surface area (Å²) >= 11 is 0. The molecule has 0 aromatic heterocycles. The predicted molar refractivity (Wildman–Crippen MR) is 73.5 cm³/mol. The van der Waals surface area contributed by atoms with Crippen LogP contribution in [0.4, 0.5) is 14.5 Å². The van der Waals surface area contributed by atoms with Crippen LogP contribution in [-0.4, -0.2) is 13.0 Å². The molecule has 0 fully saturated rings. The van der Waals surface area contributed by atoms with E-state index in [-0.39, 0.29) is 5.56 Å². The maximum absolute atomic E-state index is 13.1. The van der Waals surface area contributed by atoms with Crippen molar-refractivity contribution in [3.63, 3.8) is 0 Å². The Balaban J connectivity index is 2.23. The predicted octanol–water partition coefficient (Wildman–Crippen LogP) is 2.94. The van der Waals surface area contributed by atoms with Crippen molar-refractivity contribution < 1.29 is 13.6 Å². The van der Waals surface area contributed by atoms with E-state index in [1.165, 1.54) is 0 Å². The first-order chi connectivity index (χ1) is 9.60. The first kappa shape index (κ1) is 14.1. The molecule has 104 valence electrons. The molecule has 5 heteroatoms. The van der Waals surface area contributed by atoms with Crippen molar-refractivity contribution in [1.29, 1.82) is 0 Å². The Labute approximate surface area is 115 Å². The molecule has 20 heavy (non-hydrogen) atoms. The molecule has 0 aliphatic rings. The van der Waals surface area contributed by atoms with Gasteiger partial charge in [0.1, 0.15) is 11.6 Å². The van der Waals surface area contributed by atoms with Gasteiger partial charge >= 0.3 is 0 Å². The lowest BCUT2D eigenvalue weighted by Gasteiger charge is -2.11. The number of benzene rings is 2. The molecule has 3 nitrogen and oxygen atoms in total. The summed E-state index contributed by atoms with van der Waals surface area (Å²) in [6, 6.07) is 9.95. The van der Waals surface area contributed by atoms with Crippen LogP contribution >= 0.6 is 0 Å². The summed E-state index contributed by atoms with van der Waals surface area (Å²) in [6.45, 7) is 0.577. The Morgan fingerprint density at radius 3 is 2.40 bits per heavy atom. The average molecular weight is 276 g/mol. The molecule has 0 atom stereocenters. The second-order valence-corrected chi connectivity index (χ2v) is 4.30. The Kier molecular flexibility index (Phi) is 4.42. The summed E-state index contributed by atoms with van der Waals surface area (Å²) in [4.78, 5) is 12.0. The summed E-state index contributed by atoms with van der Waals surface area (Å²) in [6.07, 6.45) is 0. The van der Waals surface area contributed by atoms with Gasteiger partial charge in [-0.05, 0) is 30.8 Å². The van der Waals surface area contributed by atoms with Gasteiger partial charge in [-0.1, -0.05) is 18.2 Å². The van der Waals surface area contributed by atoms with Crippen LogP contribution < -0.4 is 10.6 Å². The molecule has 0 unspecified atom stereocenters. The van der Waals surface area contributed by atoms with Gasteiger partial charge < -0.3 is 10.6 Å². The highest BCUT2D eigenvalue weighted by Crippen LogP contribution is 2.17. The number of rotatable bonds is 4. The first-order valence-corrected chi connectivity index (χ1v) is 6.10. The molecule has 2 aromatic rings. The summed E-state index contributed by atoms with van der Waals surface area (Å²) < 4.78 is 26.2. The van der Waals surface area contributed by atoms with Crippen molar-refractivity contribution in [2.24, 2.45) is 0 Å². The Morgan fingerprint density at radius 1 is 1.10 bits per heavy atom. The second-order valence-electron chi connectivity index (χ2n) is 4.30. The van der Waals surface area contributed by atoms with Crippen molar-refractivity contribution in [3.05, 3.63) is 65.2 Å². The van der Waals surface area contributed by atoms with E-state index in [0.717, 1.165) is 23.8 Å². The van der Waals surface area contributed by atoms with Crippen LogP contribution in [0.3, 0.4) is 0 Å². The molecule has 0 bridgehead atoms. The Morgan fingerprint density at radius 2 is 1.75 bits per heavy atom. The molecule has 2 aromatic carbocycles. The molecular formula is C15H14F2N2O. The summed E-state index contributed by atoms with van der Waals surface area (Å²) in [5.74, 6) is -2.11. The normalized spacial score (nSPS) is 10.3. The van der Waals surface area contributed by atoms with Crippen LogP contribution in [-0.2, 0) is 6.54 Å². The molecule has 2 rings (SSSR count). The van der Waals surface area contributed by atoms with E-state index >= 15 is 0 Å². The molecular weight excluding hydrogens is 262 g/mol. The van der Waals surface area contributed by atoms with Crippen LogP contribution in [0.1, 0.15) is 15.9 Å². The zero-order valence-electron chi connectivity index (χ0n) is 10.9. The number of carbonyl (C=O) groups excluding carboxylic acids is 1. The molecule has 0 saturated heterocycles. The van der Waals surface area contributed by atoms with Gasteiger partial charge in [-0.15, -0.1) is 0 Å². The van der Waals surface area contributed by atoms with Gasteiger partial charge in [0.25, 0.3) is 5.91 Å². The van der Waals surface area contributed by atoms with Crippen LogP contribution in [0.25, 0.3) is 0 Å². The van der Waals surface area contributed by atoms with Crippen molar-refractivity contribution in [1.82, 2.24) is 5.32 Å². The highest BCUT2D eigenvalue weighted by molar-refractivity contribution is 6.04. The maximum atomic E-state index is 13.1. The number of anilines is 1. The number of para-hydroxylation sites is 1. The summed E-state index contributed by atoms with van der Waals surface area (Å²) in [7, 11) is 1.79. The van der Waals surface area contributed by atoms with Gasteiger partial charge in [0, 0.05) is 23.9 Å². The highest BCUT2D eigenvalue weighted by Gasteiger charge is 2.11. The second kappa shape index (κ2) is 6.25. The largest absolute Gasteiger partial charge is 0.322 e. The zero-order chi connectivity index (χ0) is 14.5. The van der Waals surface area contributed by atoms with E-state index in [0.29, 0.717) is 12.2 Å². The number of hydrogen-bond acceptors (Lipinski definition) is 2. The van der Waals surface area contributed by atoms with Gasteiger partial charge in [-0.3, -0.25) is 4.79 Å². The minimum absolute atomic E-state index is 0.0539. The summed E-state index contributed by atoms with van der Waals surface area (Å²) in [5.41, 5.74) is 1.44. The van der Waals surface area contributed by atoms with Gasteiger partial charge in [0.05, 0.1) is 0 Å². The van der Waals surface area contributed by atoms with E-state index in [9.17, 15) is 13.6 Å². The topological polar surface area (TPSA) is 41.1 Å². The van der Waals surface area contributed by atoms with Crippen molar-refractivity contribution in [2.75, 3.05) is 12.4 Å². The number of carbonyl (C=O) groups is 1. The van der Waals surface area contributed by atoms with E-state index in [4.69, 9.17) is 0 Å². The lowest BCUT2D eigenvalue weighted by molar-refractivity contribution is 0.102. The van der Waals surface area contributed by atoms with Crippen LogP contribution in [0.5, 0.6) is 0 Å². The molecule has 0 aliphatic carbocycles. The molecule has 0 aliphatic heterocycles. The fourth-order valence-corrected chi connectivity index (χ4v) is 1.87. The smallest absolute Gasteiger partial charge is 0.255 e. The number of nitrogens with one attached hydrogen (secondary N) is 2. The van der Waals surface area contributed by atoms with Crippen molar-refractivity contribution in [3.8, 4) is 0 Å². The van der Waals surface area contributed by atoms with Gasteiger partial charge in [-0.25, -0.2) is 8.78 Å². The average Bonchev–Trinajstić information content (AvgIpc) is 2.40. The molecule has 1 amide bonds.